The van der Waals surface area contributed by atoms with Gasteiger partial charge in [-0.2, -0.15) is 0 Å². The number of sulfonamides is 1. The number of unbranched alkanes of at least 4 members (excludes halogenated alkanes) is 6. The third-order valence-electron chi connectivity index (χ3n) is 11.6. The fourth-order valence-electron chi connectivity index (χ4n) is 7.98. The first-order valence-corrected chi connectivity index (χ1v) is 23.7. The molecule has 3 heterocycles. The highest BCUT2D eigenvalue weighted by Crippen LogP contribution is 2.43. The Kier molecular flexibility index (Phi) is 16.9. The first-order valence-electron chi connectivity index (χ1n) is 21.8. The number of aliphatic hydroxyl groups is 4. The second-order valence-corrected chi connectivity index (χ2v) is 18.5. The molecule has 0 spiro atoms. The van der Waals surface area contributed by atoms with E-state index < -0.39 is 41.0 Å². The van der Waals surface area contributed by atoms with Crippen LogP contribution in [0.2, 0.25) is 0 Å². The summed E-state index contributed by atoms with van der Waals surface area (Å²) in [6, 6.07) is 22.8. The van der Waals surface area contributed by atoms with Gasteiger partial charge < -0.3 is 40.0 Å². The molecule has 0 aliphatic carbocycles. The lowest BCUT2D eigenvalue weighted by Crippen LogP contribution is -2.57. The van der Waals surface area contributed by atoms with Crippen molar-refractivity contribution in [3.63, 3.8) is 0 Å². The number of aromatic nitrogens is 2. The Balaban J connectivity index is 0.773. The maximum absolute atomic E-state index is 11.5. The van der Waals surface area contributed by atoms with Gasteiger partial charge in [0.2, 0.25) is 10.0 Å². The molecule has 338 valence electrons. The minimum Gasteiger partial charge on any atom is -0.494 e. The molecule has 3 aromatic carbocycles. The number of hydrogen-bond acceptors (Lipinski definition) is 14. The fraction of sp³-hybridized carbons (Fsp3) is 0.522. The summed E-state index contributed by atoms with van der Waals surface area (Å²) < 4.78 is 43.1. The predicted octanol–water partition coefficient (Wildman–Crippen LogP) is 6.07. The van der Waals surface area contributed by atoms with Gasteiger partial charge in [0.1, 0.15) is 48.8 Å². The van der Waals surface area contributed by atoms with E-state index in [-0.39, 0.29) is 17.8 Å². The summed E-state index contributed by atoms with van der Waals surface area (Å²) in [5.41, 5.74) is 4.18. The molecule has 0 radical (unpaired) electrons. The Morgan fingerprint density at radius 1 is 0.758 bits per heavy atom. The molecule has 62 heavy (non-hydrogen) atoms. The van der Waals surface area contributed by atoms with E-state index in [9.17, 15) is 28.8 Å². The fourth-order valence-corrected chi connectivity index (χ4v) is 8.48. The summed E-state index contributed by atoms with van der Waals surface area (Å²) in [5, 5.41) is 48.2. The highest BCUT2D eigenvalue weighted by molar-refractivity contribution is 7.92. The number of rotatable bonds is 24. The number of nitrogens with one attached hydrogen (secondary N) is 3. The number of aliphatic hydroxyl groups excluding tert-OH is 4. The number of ether oxygens (including phenoxy) is 3. The number of anilines is 2. The van der Waals surface area contributed by atoms with Crippen LogP contribution < -0.4 is 24.8 Å². The highest BCUT2D eigenvalue weighted by Gasteiger charge is 2.44. The molecule has 5 unspecified atom stereocenters. The smallest absolute Gasteiger partial charge is 0.230 e. The molecule has 1 saturated heterocycles. The Hall–Kier alpha value is -4.39. The summed E-state index contributed by atoms with van der Waals surface area (Å²) in [5.74, 6) is 2.10. The van der Waals surface area contributed by atoms with Crippen molar-refractivity contribution < 1.29 is 43.1 Å². The topological polar surface area (TPSA) is 208 Å². The van der Waals surface area contributed by atoms with Crippen LogP contribution in [-0.4, -0.2) is 94.8 Å². The van der Waals surface area contributed by atoms with E-state index in [1.807, 2.05) is 54.6 Å². The lowest BCUT2D eigenvalue weighted by atomic mass is 9.78. The molecule has 1 aromatic heterocycles. The van der Waals surface area contributed by atoms with Gasteiger partial charge in [-0.15, -0.1) is 0 Å². The van der Waals surface area contributed by atoms with E-state index in [1.165, 1.54) is 35.6 Å². The summed E-state index contributed by atoms with van der Waals surface area (Å²) in [7, 11) is -3.43. The lowest BCUT2D eigenvalue weighted by molar-refractivity contribution is -0.159. The van der Waals surface area contributed by atoms with Crippen molar-refractivity contribution in [2.45, 2.75) is 121 Å². The van der Waals surface area contributed by atoms with Crippen LogP contribution in [0.25, 0.3) is 0 Å². The average molecular weight is 877 g/mol. The van der Waals surface area contributed by atoms with Gasteiger partial charge in [-0.1, -0.05) is 69.9 Å². The van der Waals surface area contributed by atoms with Crippen LogP contribution in [0.3, 0.4) is 0 Å². The summed E-state index contributed by atoms with van der Waals surface area (Å²) in [6.45, 7) is 7.43. The van der Waals surface area contributed by atoms with Gasteiger partial charge in [0.25, 0.3) is 0 Å². The van der Waals surface area contributed by atoms with Crippen LogP contribution in [0.1, 0.15) is 119 Å². The molecule has 2 aliphatic rings. The van der Waals surface area contributed by atoms with Crippen LogP contribution in [0.4, 0.5) is 11.5 Å². The van der Waals surface area contributed by atoms with Crippen molar-refractivity contribution in [3.8, 4) is 11.5 Å². The van der Waals surface area contributed by atoms with Crippen molar-refractivity contribution in [2.24, 2.45) is 0 Å². The van der Waals surface area contributed by atoms with Crippen LogP contribution >= 0.6 is 0 Å². The zero-order valence-electron chi connectivity index (χ0n) is 36.1. The van der Waals surface area contributed by atoms with Gasteiger partial charge in [-0.05, 0) is 92.1 Å². The molecule has 6 rings (SSSR count). The standard InChI is InChI=1S/C46H64N6O9S/c1-46(2,33-14-19-36(20-15-33)61-31-41-48-26-24-40(49-41)51-62(3,57)58)32-12-17-35(18-13-32)60-29-10-7-5-4-6-9-27-59-28-11-8-25-47-34-16-21-37-38(30-34)45(56)52(44(37)55)39-22-23-42(53)50-43(39)54/h12-21,24,26,30,39,42-45,47,50,53-56H,4-11,22-23,25,27-29,31H2,1-3H3,(H,48,49,51). The molecule has 0 saturated carbocycles. The molecule has 7 N–H and O–H groups in total. The molecule has 15 nitrogen and oxygen atoms in total. The number of benzene rings is 3. The Morgan fingerprint density at radius 3 is 2.03 bits per heavy atom. The largest absolute Gasteiger partial charge is 0.494 e. The van der Waals surface area contributed by atoms with E-state index in [0.29, 0.717) is 42.1 Å². The van der Waals surface area contributed by atoms with Gasteiger partial charge in [0.15, 0.2) is 5.82 Å². The molecule has 16 heteroatoms. The first kappa shape index (κ1) is 47.1. The second kappa shape index (κ2) is 22.3. The van der Waals surface area contributed by atoms with E-state index in [4.69, 9.17) is 14.2 Å². The van der Waals surface area contributed by atoms with E-state index in [1.54, 1.807) is 0 Å². The molecule has 1 fully saturated rings. The van der Waals surface area contributed by atoms with Gasteiger partial charge in [-0.3, -0.25) is 10.0 Å². The molecule has 0 amide bonds. The van der Waals surface area contributed by atoms with E-state index in [2.05, 4.69) is 51.3 Å². The van der Waals surface area contributed by atoms with Crippen molar-refractivity contribution in [1.82, 2.24) is 20.2 Å². The summed E-state index contributed by atoms with van der Waals surface area (Å²) >= 11 is 0. The first-order chi connectivity index (χ1) is 29.8. The molecule has 0 bridgehead atoms. The third-order valence-corrected chi connectivity index (χ3v) is 12.1. The van der Waals surface area contributed by atoms with E-state index >= 15 is 0 Å². The van der Waals surface area contributed by atoms with Crippen LogP contribution in [0.15, 0.2) is 79.0 Å². The quantitative estimate of drug-likeness (QED) is 0.0399. The van der Waals surface area contributed by atoms with Gasteiger partial charge in [0.05, 0.1) is 18.9 Å². The van der Waals surface area contributed by atoms with Crippen molar-refractivity contribution in [2.75, 3.05) is 42.7 Å². The van der Waals surface area contributed by atoms with Crippen molar-refractivity contribution in [3.05, 3.63) is 107 Å². The van der Waals surface area contributed by atoms with Crippen LogP contribution in [-0.2, 0) is 26.8 Å². The minimum absolute atomic E-state index is 0.103. The lowest BCUT2D eigenvalue weighted by Gasteiger charge is -2.40. The zero-order chi connectivity index (χ0) is 44.1. The zero-order valence-corrected chi connectivity index (χ0v) is 36.9. The molecular weight excluding hydrogens is 813 g/mol. The number of hydrogen-bond donors (Lipinski definition) is 7. The van der Waals surface area contributed by atoms with Crippen molar-refractivity contribution >= 4 is 21.5 Å². The number of fused-ring (bicyclic) bond motifs is 1. The Morgan fingerprint density at radius 2 is 1.37 bits per heavy atom. The van der Waals surface area contributed by atoms with Crippen LogP contribution in [0, 0.1) is 0 Å². The van der Waals surface area contributed by atoms with Crippen LogP contribution in [0.5, 0.6) is 11.5 Å². The Labute approximate surface area is 365 Å². The SMILES string of the molecule is CC(C)(c1ccc(OCCCCCCCCOCCCCNc2ccc3c(c2)C(O)N(C2CCC(O)NC2O)C3O)cc1)c1ccc(OCc2nccc(NS(C)(=O)=O)n2)cc1. The second-order valence-electron chi connectivity index (χ2n) is 16.7. The minimum atomic E-state index is -3.43. The summed E-state index contributed by atoms with van der Waals surface area (Å²) in [4.78, 5) is 9.87. The summed E-state index contributed by atoms with van der Waals surface area (Å²) in [6.07, 6.45) is 8.12. The van der Waals surface area contributed by atoms with Gasteiger partial charge in [0, 0.05) is 48.2 Å². The van der Waals surface area contributed by atoms with E-state index in [0.717, 1.165) is 81.5 Å². The van der Waals surface area contributed by atoms with Gasteiger partial charge in [-0.25, -0.2) is 23.3 Å². The maximum atomic E-state index is 11.5. The normalized spacial score (nSPS) is 20.5. The van der Waals surface area contributed by atoms with Crippen molar-refractivity contribution in [1.29, 1.82) is 0 Å². The Bertz CT molecular complexity index is 2110. The average Bonchev–Trinajstić information content (AvgIpc) is 3.49. The molecular formula is C46H64N6O9S. The highest BCUT2D eigenvalue weighted by atomic mass is 32.2. The monoisotopic (exact) mass is 876 g/mol. The molecule has 2 aliphatic heterocycles. The van der Waals surface area contributed by atoms with Gasteiger partial charge >= 0.3 is 0 Å². The third kappa shape index (κ3) is 13.3. The predicted molar refractivity (Wildman–Crippen MR) is 238 cm³/mol. The molecule has 4 aromatic rings. The number of piperidine rings is 1. The number of nitrogens with zero attached hydrogens (tertiary/aromatic N) is 3. The molecule has 5 atom stereocenters. The maximum Gasteiger partial charge on any atom is 0.230 e.